The molecule has 0 radical (unpaired) electrons. The van der Waals surface area contributed by atoms with E-state index in [1.807, 2.05) is 25.1 Å². The number of amides is 2. The Kier molecular flexibility index (Phi) is 6.72. The van der Waals surface area contributed by atoms with Gasteiger partial charge in [-0.05, 0) is 30.0 Å². The smallest absolute Gasteiger partial charge is 0.258 e. The first-order valence-corrected chi connectivity index (χ1v) is 7.14. The standard InChI is InChI=1S/C16H24N2O3/c1-11(2)14-6-5-12(3)9-15(14)21-10-16(20)18-8-7-17-13(4)19/h5-6,9,11H,7-8,10H2,1-4H3,(H,17,19)(H,18,20). The second kappa shape index (κ2) is 8.29. The SMILES string of the molecule is CC(=O)NCCNC(=O)COc1cc(C)ccc1C(C)C. The summed E-state index contributed by atoms with van der Waals surface area (Å²) < 4.78 is 5.62. The fourth-order valence-corrected chi connectivity index (χ4v) is 1.88. The fraction of sp³-hybridized carbons (Fsp3) is 0.500. The van der Waals surface area contributed by atoms with Gasteiger partial charge in [0.1, 0.15) is 5.75 Å². The van der Waals surface area contributed by atoms with Crippen LogP contribution in [0.4, 0.5) is 0 Å². The van der Waals surface area contributed by atoms with Crippen LogP contribution in [0.3, 0.4) is 0 Å². The molecule has 0 saturated carbocycles. The number of carbonyl (C=O) groups is 2. The number of nitrogens with one attached hydrogen (secondary N) is 2. The van der Waals surface area contributed by atoms with Gasteiger partial charge in [-0.15, -0.1) is 0 Å². The first-order valence-electron chi connectivity index (χ1n) is 7.14. The number of ether oxygens (including phenoxy) is 1. The molecule has 0 aliphatic heterocycles. The number of hydrogen-bond acceptors (Lipinski definition) is 3. The summed E-state index contributed by atoms with van der Waals surface area (Å²) in [6.07, 6.45) is 0. The van der Waals surface area contributed by atoms with Gasteiger partial charge in [0, 0.05) is 20.0 Å². The maximum Gasteiger partial charge on any atom is 0.258 e. The molecule has 1 aromatic carbocycles. The second-order valence-corrected chi connectivity index (χ2v) is 5.32. The normalized spacial score (nSPS) is 10.3. The van der Waals surface area contributed by atoms with E-state index in [9.17, 15) is 9.59 Å². The average molecular weight is 292 g/mol. The van der Waals surface area contributed by atoms with E-state index in [1.165, 1.54) is 6.92 Å². The number of rotatable bonds is 7. The summed E-state index contributed by atoms with van der Waals surface area (Å²) in [6.45, 7) is 8.40. The Morgan fingerprint density at radius 3 is 2.48 bits per heavy atom. The van der Waals surface area contributed by atoms with Gasteiger partial charge in [-0.2, -0.15) is 0 Å². The Morgan fingerprint density at radius 1 is 1.19 bits per heavy atom. The first-order chi connectivity index (χ1) is 9.90. The van der Waals surface area contributed by atoms with Gasteiger partial charge in [-0.1, -0.05) is 26.0 Å². The van der Waals surface area contributed by atoms with Gasteiger partial charge in [0.25, 0.3) is 5.91 Å². The van der Waals surface area contributed by atoms with Crippen LogP contribution in [-0.4, -0.2) is 31.5 Å². The third kappa shape index (κ3) is 6.29. The van der Waals surface area contributed by atoms with Crippen LogP contribution in [0.15, 0.2) is 18.2 Å². The summed E-state index contributed by atoms with van der Waals surface area (Å²) in [5.74, 6) is 0.781. The number of hydrogen-bond donors (Lipinski definition) is 2. The lowest BCUT2D eigenvalue weighted by Gasteiger charge is -2.14. The van der Waals surface area contributed by atoms with E-state index in [1.54, 1.807) is 0 Å². The van der Waals surface area contributed by atoms with Gasteiger partial charge in [0.2, 0.25) is 5.91 Å². The Hall–Kier alpha value is -2.04. The zero-order valence-corrected chi connectivity index (χ0v) is 13.2. The number of benzene rings is 1. The van der Waals surface area contributed by atoms with Crippen LogP contribution in [0.1, 0.15) is 37.8 Å². The number of carbonyl (C=O) groups excluding carboxylic acids is 2. The molecule has 2 amide bonds. The van der Waals surface area contributed by atoms with E-state index in [0.29, 0.717) is 19.0 Å². The van der Waals surface area contributed by atoms with E-state index >= 15 is 0 Å². The van der Waals surface area contributed by atoms with Gasteiger partial charge in [-0.3, -0.25) is 9.59 Å². The Balaban J connectivity index is 2.45. The molecule has 116 valence electrons. The van der Waals surface area contributed by atoms with Gasteiger partial charge < -0.3 is 15.4 Å². The summed E-state index contributed by atoms with van der Waals surface area (Å²) in [6, 6.07) is 6.01. The molecule has 5 nitrogen and oxygen atoms in total. The molecular weight excluding hydrogens is 268 g/mol. The molecule has 0 atom stereocenters. The zero-order valence-electron chi connectivity index (χ0n) is 13.2. The molecule has 0 unspecified atom stereocenters. The predicted octanol–water partition coefficient (Wildman–Crippen LogP) is 1.75. The Labute approximate surface area is 126 Å². The minimum atomic E-state index is -0.198. The summed E-state index contributed by atoms with van der Waals surface area (Å²) in [5.41, 5.74) is 2.19. The van der Waals surface area contributed by atoms with E-state index < -0.39 is 0 Å². The molecule has 0 aromatic heterocycles. The average Bonchev–Trinajstić information content (AvgIpc) is 2.40. The highest BCUT2D eigenvalue weighted by Crippen LogP contribution is 2.27. The highest BCUT2D eigenvalue weighted by atomic mass is 16.5. The van der Waals surface area contributed by atoms with Crippen molar-refractivity contribution in [2.24, 2.45) is 0 Å². The minimum absolute atomic E-state index is 0.0246. The lowest BCUT2D eigenvalue weighted by Crippen LogP contribution is -2.36. The molecular formula is C16H24N2O3. The topological polar surface area (TPSA) is 67.4 Å². The summed E-state index contributed by atoms with van der Waals surface area (Å²) in [5, 5.41) is 5.30. The highest BCUT2D eigenvalue weighted by molar-refractivity contribution is 5.77. The lowest BCUT2D eigenvalue weighted by molar-refractivity contribution is -0.123. The van der Waals surface area contributed by atoms with Crippen molar-refractivity contribution in [2.45, 2.75) is 33.6 Å². The quantitative estimate of drug-likeness (QED) is 0.752. The molecule has 0 saturated heterocycles. The van der Waals surface area contributed by atoms with Crippen LogP contribution in [0.2, 0.25) is 0 Å². The van der Waals surface area contributed by atoms with Crippen LogP contribution >= 0.6 is 0 Å². The molecule has 0 aliphatic rings. The third-order valence-corrected chi connectivity index (χ3v) is 2.97. The highest BCUT2D eigenvalue weighted by Gasteiger charge is 2.10. The monoisotopic (exact) mass is 292 g/mol. The Morgan fingerprint density at radius 2 is 1.86 bits per heavy atom. The van der Waals surface area contributed by atoms with Crippen molar-refractivity contribution < 1.29 is 14.3 Å². The molecule has 0 heterocycles. The lowest BCUT2D eigenvalue weighted by atomic mass is 10.0. The van der Waals surface area contributed by atoms with E-state index in [0.717, 1.165) is 16.9 Å². The van der Waals surface area contributed by atoms with Crippen LogP contribution < -0.4 is 15.4 Å². The molecule has 0 spiro atoms. The van der Waals surface area contributed by atoms with Crippen molar-refractivity contribution in [1.29, 1.82) is 0 Å². The number of aryl methyl sites for hydroxylation is 1. The minimum Gasteiger partial charge on any atom is -0.483 e. The largest absolute Gasteiger partial charge is 0.483 e. The predicted molar refractivity (Wildman–Crippen MR) is 82.5 cm³/mol. The molecule has 1 aromatic rings. The van der Waals surface area contributed by atoms with E-state index in [-0.39, 0.29) is 18.4 Å². The van der Waals surface area contributed by atoms with Crippen molar-refractivity contribution in [3.05, 3.63) is 29.3 Å². The molecule has 5 heteroatoms. The van der Waals surface area contributed by atoms with Gasteiger partial charge in [0.15, 0.2) is 6.61 Å². The zero-order chi connectivity index (χ0) is 15.8. The van der Waals surface area contributed by atoms with Gasteiger partial charge >= 0.3 is 0 Å². The van der Waals surface area contributed by atoms with Crippen molar-refractivity contribution in [3.8, 4) is 5.75 Å². The van der Waals surface area contributed by atoms with Crippen LogP contribution in [0.25, 0.3) is 0 Å². The van der Waals surface area contributed by atoms with Gasteiger partial charge in [0.05, 0.1) is 0 Å². The molecule has 2 N–H and O–H groups in total. The molecule has 0 aliphatic carbocycles. The van der Waals surface area contributed by atoms with Crippen LogP contribution in [-0.2, 0) is 9.59 Å². The fourth-order valence-electron chi connectivity index (χ4n) is 1.88. The third-order valence-electron chi connectivity index (χ3n) is 2.97. The summed E-state index contributed by atoms with van der Waals surface area (Å²) in [7, 11) is 0. The summed E-state index contributed by atoms with van der Waals surface area (Å²) >= 11 is 0. The van der Waals surface area contributed by atoms with Crippen molar-refractivity contribution in [1.82, 2.24) is 10.6 Å². The molecule has 0 bridgehead atoms. The molecule has 21 heavy (non-hydrogen) atoms. The molecule has 1 rings (SSSR count). The van der Waals surface area contributed by atoms with Gasteiger partial charge in [-0.25, -0.2) is 0 Å². The maximum absolute atomic E-state index is 11.7. The second-order valence-electron chi connectivity index (χ2n) is 5.32. The maximum atomic E-state index is 11.7. The first kappa shape index (κ1) is 17.0. The van der Waals surface area contributed by atoms with Crippen LogP contribution in [0.5, 0.6) is 5.75 Å². The van der Waals surface area contributed by atoms with E-state index in [2.05, 4.69) is 24.5 Å². The van der Waals surface area contributed by atoms with Crippen molar-refractivity contribution >= 4 is 11.8 Å². The van der Waals surface area contributed by atoms with E-state index in [4.69, 9.17) is 4.74 Å². The summed E-state index contributed by atoms with van der Waals surface area (Å²) in [4.78, 5) is 22.4. The van der Waals surface area contributed by atoms with Crippen molar-refractivity contribution in [2.75, 3.05) is 19.7 Å². The van der Waals surface area contributed by atoms with Crippen molar-refractivity contribution in [3.63, 3.8) is 0 Å². The Bertz CT molecular complexity index is 498. The molecule has 0 fully saturated rings. The van der Waals surface area contributed by atoms with Crippen LogP contribution in [0, 0.1) is 6.92 Å².